The Hall–Kier alpha value is -2.11. The van der Waals surface area contributed by atoms with Crippen molar-refractivity contribution < 1.29 is 9.72 Å². The molecule has 0 saturated heterocycles. The van der Waals surface area contributed by atoms with Gasteiger partial charge in [0.1, 0.15) is 5.69 Å². The van der Waals surface area contributed by atoms with Crippen LogP contribution in [0.1, 0.15) is 49.4 Å². The van der Waals surface area contributed by atoms with Crippen molar-refractivity contribution in [2.45, 2.75) is 45.1 Å². The van der Waals surface area contributed by atoms with Gasteiger partial charge in [-0.1, -0.05) is 19.3 Å². The Labute approximate surface area is 124 Å². The fourth-order valence-electron chi connectivity index (χ4n) is 2.96. The first-order valence-corrected chi connectivity index (χ1v) is 7.39. The second-order valence-electron chi connectivity index (χ2n) is 5.41. The predicted molar refractivity (Wildman–Crippen MR) is 81.1 cm³/mol. The standard InChI is InChI=1S/C15H21N3O3/c1-2-17(12-6-4-3-5-7-12)15(19)11-8-9-13(16)14(10-11)18(20)21/h8-10,12H,2-7,16H2,1H3. The smallest absolute Gasteiger partial charge is 0.292 e. The predicted octanol–water partition coefficient (Wildman–Crippen LogP) is 2.97. The average Bonchev–Trinajstić information content (AvgIpc) is 2.49. The summed E-state index contributed by atoms with van der Waals surface area (Å²) in [4.78, 5) is 24.8. The van der Waals surface area contributed by atoms with Crippen molar-refractivity contribution in [1.82, 2.24) is 4.90 Å². The van der Waals surface area contributed by atoms with E-state index < -0.39 is 4.92 Å². The van der Waals surface area contributed by atoms with Gasteiger partial charge in [0, 0.05) is 24.2 Å². The highest BCUT2D eigenvalue weighted by Gasteiger charge is 2.26. The SMILES string of the molecule is CCN(C(=O)c1ccc(N)c([N+](=O)[O-])c1)C1CCCCC1. The summed E-state index contributed by atoms with van der Waals surface area (Å²) >= 11 is 0. The molecule has 0 spiro atoms. The van der Waals surface area contributed by atoms with Crippen LogP contribution in [0.15, 0.2) is 18.2 Å². The summed E-state index contributed by atoms with van der Waals surface area (Å²) in [7, 11) is 0. The zero-order valence-corrected chi connectivity index (χ0v) is 12.2. The third-order valence-corrected chi connectivity index (χ3v) is 4.09. The van der Waals surface area contributed by atoms with E-state index in [0.29, 0.717) is 12.1 Å². The molecule has 0 unspecified atom stereocenters. The average molecular weight is 291 g/mol. The van der Waals surface area contributed by atoms with Crippen molar-refractivity contribution in [2.24, 2.45) is 0 Å². The second kappa shape index (κ2) is 6.56. The van der Waals surface area contributed by atoms with Crippen LogP contribution in [0.2, 0.25) is 0 Å². The van der Waals surface area contributed by atoms with Crippen molar-refractivity contribution in [3.8, 4) is 0 Å². The number of nitrogen functional groups attached to an aromatic ring is 1. The molecule has 1 fully saturated rings. The maximum absolute atomic E-state index is 12.6. The largest absolute Gasteiger partial charge is 0.393 e. The molecule has 1 aliphatic carbocycles. The Morgan fingerprint density at radius 3 is 2.62 bits per heavy atom. The van der Waals surface area contributed by atoms with E-state index in [9.17, 15) is 14.9 Å². The van der Waals surface area contributed by atoms with E-state index in [4.69, 9.17) is 5.73 Å². The number of amides is 1. The Morgan fingerprint density at radius 1 is 1.38 bits per heavy atom. The summed E-state index contributed by atoms with van der Waals surface area (Å²) in [5.74, 6) is -0.146. The van der Waals surface area contributed by atoms with Gasteiger partial charge < -0.3 is 10.6 Å². The van der Waals surface area contributed by atoms with E-state index in [1.54, 1.807) is 6.07 Å². The van der Waals surface area contributed by atoms with Crippen molar-refractivity contribution >= 4 is 17.3 Å². The monoisotopic (exact) mass is 291 g/mol. The molecular formula is C15H21N3O3. The number of benzene rings is 1. The molecule has 0 heterocycles. The zero-order chi connectivity index (χ0) is 15.4. The van der Waals surface area contributed by atoms with Crippen LogP contribution in [0, 0.1) is 10.1 Å². The van der Waals surface area contributed by atoms with E-state index in [1.807, 2.05) is 11.8 Å². The van der Waals surface area contributed by atoms with Crippen molar-refractivity contribution in [3.63, 3.8) is 0 Å². The molecule has 0 atom stereocenters. The maximum atomic E-state index is 12.6. The topological polar surface area (TPSA) is 89.5 Å². The molecule has 114 valence electrons. The van der Waals surface area contributed by atoms with Gasteiger partial charge in [0.2, 0.25) is 0 Å². The fraction of sp³-hybridized carbons (Fsp3) is 0.533. The molecule has 6 nitrogen and oxygen atoms in total. The Kier molecular flexibility index (Phi) is 4.77. The molecule has 6 heteroatoms. The van der Waals surface area contributed by atoms with Crippen molar-refractivity contribution in [2.75, 3.05) is 12.3 Å². The van der Waals surface area contributed by atoms with Crippen LogP contribution in [0.4, 0.5) is 11.4 Å². The molecule has 0 aromatic heterocycles. The lowest BCUT2D eigenvalue weighted by Crippen LogP contribution is -2.41. The number of rotatable bonds is 4. The molecule has 0 radical (unpaired) electrons. The zero-order valence-electron chi connectivity index (χ0n) is 12.2. The molecular weight excluding hydrogens is 270 g/mol. The normalized spacial score (nSPS) is 15.7. The van der Waals surface area contributed by atoms with Crippen LogP contribution in [-0.4, -0.2) is 28.3 Å². The van der Waals surface area contributed by atoms with Gasteiger partial charge in [-0.3, -0.25) is 14.9 Å². The number of carbonyl (C=O) groups excluding carboxylic acids is 1. The first-order valence-electron chi connectivity index (χ1n) is 7.39. The van der Waals surface area contributed by atoms with Gasteiger partial charge in [-0.2, -0.15) is 0 Å². The molecule has 1 aromatic carbocycles. The highest BCUT2D eigenvalue weighted by Crippen LogP contribution is 2.26. The lowest BCUT2D eigenvalue weighted by atomic mass is 9.93. The van der Waals surface area contributed by atoms with Crippen LogP contribution in [0.5, 0.6) is 0 Å². The van der Waals surface area contributed by atoms with Gasteiger partial charge in [-0.05, 0) is 31.9 Å². The minimum atomic E-state index is -0.553. The molecule has 1 amide bonds. The summed E-state index contributed by atoms with van der Waals surface area (Å²) in [5.41, 5.74) is 5.78. The number of carbonyl (C=O) groups is 1. The molecule has 1 aromatic rings. The van der Waals surface area contributed by atoms with Gasteiger partial charge in [-0.15, -0.1) is 0 Å². The lowest BCUT2D eigenvalue weighted by Gasteiger charge is -2.33. The minimum Gasteiger partial charge on any atom is -0.393 e. The van der Waals surface area contributed by atoms with E-state index in [0.717, 1.165) is 25.7 Å². The number of anilines is 1. The fourth-order valence-corrected chi connectivity index (χ4v) is 2.96. The molecule has 2 N–H and O–H groups in total. The molecule has 2 rings (SSSR count). The summed E-state index contributed by atoms with van der Waals surface area (Å²) in [6, 6.07) is 4.52. The first-order chi connectivity index (χ1) is 10.0. The second-order valence-corrected chi connectivity index (χ2v) is 5.41. The van der Waals surface area contributed by atoms with Gasteiger partial charge in [-0.25, -0.2) is 0 Å². The van der Waals surface area contributed by atoms with Crippen molar-refractivity contribution in [1.29, 1.82) is 0 Å². The van der Waals surface area contributed by atoms with Crippen LogP contribution in [-0.2, 0) is 0 Å². The van der Waals surface area contributed by atoms with Gasteiger partial charge in [0.25, 0.3) is 11.6 Å². The number of nitrogens with zero attached hydrogens (tertiary/aromatic N) is 2. The quantitative estimate of drug-likeness (QED) is 0.524. The Morgan fingerprint density at radius 2 is 2.05 bits per heavy atom. The third kappa shape index (κ3) is 3.32. The van der Waals surface area contributed by atoms with Crippen LogP contribution in [0.3, 0.4) is 0 Å². The minimum absolute atomic E-state index is 0.0808. The number of hydrogen-bond donors (Lipinski definition) is 1. The molecule has 0 bridgehead atoms. The number of nitro benzene ring substituents is 1. The molecule has 1 saturated carbocycles. The van der Waals surface area contributed by atoms with Crippen LogP contribution < -0.4 is 5.73 Å². The maximum Gasteiger partial charge on any atom is 0.292 e. The number of hydrogen-bond acceptors (Lipinski definition) is 4. The molecule has 0 aliphatic heterocycles. The van der Waals surface area contributed by atoms with Gasteiger partial charge in [0.15, 0.2) is 0 Å². The molecule has 21 heavy (non-hydrogen) atoms. The highest BCUT2D eigenvalue weighted by atomic mass is 16.6. The summed E-state index contributed by atoms with van der Waals surface area (Å²) in [5, 5.41) is 10.9. The van der Waals surface area contributed by atoms with E-state index in [2.05, 4.69) is 0 Å². The summed E-state index contributed by atoms with van der Waals surface area (Å²) in [6.07, 6.45) is 5.51. The third-order valence-electron chi connectivity index (χ3n) is 4.09. The first kappa shape index (κ1) is 15.3. The lowest BCUT2D eigenvalue weighted by molar-refractivity contribution is -0.383. The Balaban J connectivity index is 2.24. The van der Waals surface area contributed by atoms with E-state index >= 15 is 0 Å². The van der Waals surface area contributed by atoms with Crippen molar-refractivity contribution in [3.05, 3.63) is 33.9 Å². The Bertz CT molecular complexity index is 539. The van der Waals surface area contributed by atoms with Crippen LogP contribution >= 0.6 is 0 Å². The van der Waals surface area contributed by atoms with E-state index in [1.165, 1.54) is 18.6 Å². The highest BCUT2D eigenvalue weighted by molar-refractivity contribution is 5.95. The summed E-state index contributed by atoms with van der Waals surface area (Å²) < 4.78 is 0. The molecule has 1 aliphatic rings. The summed E-state index contributed by atoms with van der Waals surface area (Å²) in [6.45, 7) is 2.56. The van der Waals surface area contributed by atoms with Gasteiger partial charge in [0.05, 0.1) is 4.92 Å². The van der Waals surface area contributed by atoms with Gasteiger partial charge >= 0.3 is 0 Å². The van der Waals surface area contributed by atoms with E-state index in [-0.39, 0.29) is 23.3 Å². The number of nitro groups is 1. The number of nitrogens with two attached hydrogens (primary N) is 1. The van der Waals surface area contributed by atoms with Crippen LogP contribution in [0.25, 0.3) is 0 Å².